The van der Waals surface area contributed by atoms with Crippen LogP contribution in [0.4, 0.5) is 4.39 Å². The Bertz CT molecular complexity index is 372. The van der Waals surface area contributed by atoms with Gasteiger partial charge >= 0.3 is 0 Å². The molecule has 0 atom stereocenters. The Morgan fingerprint density at radius 2 is 1.88 bits per heavy atom. The van der Waals surface area contributed by atoms with Crippen molar-refractivity contribution < 1.29 is 9.18 Å². The van der Waals surface area contributed by atoms with Crippen molar-refractivity contribution in [3.05, 3.63) is 35.6 Å². The molecule has 1 amide bonds. The van der Waals surface area contributed by atoms with Gasteiger partial charge < -0.3 is 4.90 Å². The first-order valence-electron chi connectivity index (χ1n) is 5.78. The molecule has 0 aliphatic carbocycles. The highest BCUT2D eigenvalue weighted by Gasteiger charge is 2.17. The lowest BCUT2D eigenvalue weighted by atomic mass is 10.1. The Hall–Kier alpha value is -1.38. The van der Waals surface area contributed by atoms with Gasteiger partial charge in [-0.15, -0.1) is 0 Å². The summed E-state index contributed by atoms with van der Waals surface area (Å²) in [6.45, 7) is 1.65. The Labute approximate surface area is 95.1 Å². The lowest BCUT2D eigenvalue weighted by Crippen LogP contribution is -2.36. The molecule has 2 nitrogen and oxygen atoms in total. The number of carbonyl (C=O) groups excluding carboxylic acids is 1. The van der Waals surface area contributed by atoms with Gasteiger partial charge in [-0.3, -0.25) is 4.79 Å². The smallest absolute Gasteiger partial charge is 0.227 e. The highest BCUT2D eigenvalue weighted by Crippen LogP contribution is 2.13. The highest BCUT2D eigenvalue weighted by atomic mass is 19.1. The van der Waals surface area contributed by atoms with E-state index >= 15 is 0 Å². The van der Waals surface area contributed by atoms with Gasteiger partial charge in [-0.2, -0.15) is 0 Å². The third kappa shape index (κ3) is 2.60. The highest BCUT2D eigenvalue weighted by molar-refractivity contribution is 5.78. The van der Waals surface area contributed by atoms with Gasteiger partial charge in [-0.25, -0.2) is 4.39 Å². The minimum atomic E-state index is -0.284. The molecule has 1 heterocycles. The fraction of sp³-hybridized carbons (Fsp3) is 0.462. The van der Waals surface area contributed by atoms with E-state index in [-0.39, 0.29) is 18.1 Å². The van der Waals surface area contributed by atoms with Crippen LogP contribution in [0.15, 0.2) is 24.3 Å². The third-order valence-electron chi connectivity index (χ3n) is 3.01. The van der Waals surface area contributed by atoms with E-state index in [2.05, 4.69) is 0 Å². The Morgan fingerprint density at radius 1 is 1.19 bits per heavy atom. The summed E-state index contributed by atoms with van der Waals surface area (Å²) < 4.78 is 13.3. The van der Waals surface area contributed by atoms with Crippen molar-refractivity contribution in [2.24, 2.45) is 0 Å². The van der Waals surface area contributed by atoms with E-state index in [1.54, 1.807) is 18.2 Å². The van der Waals surface area contributed by atoms with E-state index in [9.17, 15) is 9.18 Å². The van der Waals surface area contributed by atoms with Crippen LogP contribution in [0, 0.1) is 5.82 Å². The molecule has 0 radical (unpaired) electrons. The first-order chi connectivity index (χ1) is 7.77. The summed E-state index contributed by atoms with van der Waals surface area (Å²) in [6.07, 6.45) is 3.53. The number of hydrogen-bond acceptors (Lipinski definition) is 1. The SMILES string of the molecule is O=C(Cc1ccccc1F)N1CCCCC1. The standard InChI is InChI=1S/C13H16FNO/c14-12-7-3-2-6-11(12)10-13(16)15-8-4-1-5-9-15/h2-3,6-7H,1,4-5,8-10H2. The van der Waals surface area contributed by atoms with E-state index in [0.717, 1.165) is 25.9 Å². The summed E-state index contributed by atoms with van der Waals surface area (Å²) >= 11 is 0. The minimum Gasteiger partial charge on any atom is -0.342 e. The lowest BCUT2D eigenvalue weighted by Gasteiger charge is -2.26. The van der Waals surface area contributed by atoms with Gasteiger partial charge in [0.25, 0.3) is 0 Å². The molecule has 1 fully saturated rings. The van der Waals surface area contributed by atoms with Crippen molar-refractivity contribution in [1.29, 1.82) is 0 Å². The molecular formula is C13H16FNO. The zero-order valence-corrected chi connectivity index (χ0v) is 9.29. The molecule has 0 aromatic heterocycles. The molecule has 0 saturated carbocycles. The maximum atomic E-state index is 13.3. The summed E-state index contributed by atoms with van der Waals surface area (Å²) in [5, 5.41) is 0. The molecule has 86 valence electrons. The lowest BCUT2D eigenvalue weighted by molar-refractivity contribution is -0.131. The second-order valence-corrected chi connectivity index (χ2v) is 4.21. The first-order valence-corrected chi connectivity index (χ1v) is 5.78. The Kier molecular flexibility index (Phi) is 3.54. The van der Waals surface area contributed by atoms with Crippen molar-refractivity contribution in [2.45, 2.75) is 25.7 Å². The maximum absolute atomic E-state index is 13.3. The zero-order valence-electron chi connectivity index (χ0n) is 9.29. The monoisotopic (exact) mass is 221 g/mol. The average Bonchev–Trinajstić information content (AvgIpc) is 2.33. The van der Waals surface area contributed by atoms with E-state index in [1.165, 1.54) is 12.5 Å². The maximum Gasteiger partial charge on any atom is 0.227 e. The molecule has 2 rings (SSSR count). The van der Waals surface area contributed by atoms with Gasteiger partial charge in [0.2, 0.25) is 5.91 Å². The topological polar surface area (TPSA) is 20.3 Å². The molecule has 1 aliphatic heterocycles. The molecular weight excluding hydrogens is 205 g/mol. The van der Waals surface area contributed by atoms with Crippen LogP contribution in [-0.4, -0.2) is 23.9 Å². The van der Waals surface area contributed by atoms with Crippen LogP contribution in [0.2, 0.25) is 0 Å². The predicted octanol–water partition coefficient (Wildman–Crippen LogP) is 2.38. The fourth-order valence-corrected chi connectivity index (χ4v) is 2.06. The third-order valence-corrected chi connectivity index (χ3v) is 3.01. The number of halogens is 1. The average molecular weight is 221 g/mol. The number of piperidine rings is 1. The summed E-state index contributed by atoms with van der Waals surface area (Å²) in [7, 11) is 0. The van der Waals surface area contributed by atoms with Gasteiger partial charge in [0, 0.05) is 13.1 Å². The summed E-state index contributed by atoms with van der Waals surface area (Å²) in [6, 6.07) is 6.49. The van der Waals surface area contributed by atoms with Crippen molar-refractivity contribution in [2.75, 3.05) is 13.1 Å². The number of likely N-dealkylation sites (tertiary alicyclic amines) is 1. The molecule has 0 bridgehead atoms. The molecule has 1 aliphatic rings. The summed E-state index contributed by atoms with van der Waals surface area (Å²) in [4.78, 5) is 13.7. The number of rotatable bonds is 2. The van der Waals surface area contributed by atoms with Crippen LogP contribution in [0.3, 0.4) is 0 Å². The molecule has 0 spiro atoms. The van der Waals surface area contributed by atoms with Gasteiger partial charge in [-0.1, -0.05) is 18.2 Å². The van der Waals surface area contributed by atoms with Crippen LogP contribution in [0.5, 0.6) is 0 Å². The quantitative estimate of drug-likeness (QED) is 0.751. The second kappa shape index (κ2) is 5.10. The van der Waals surface area contributed by atoms with Crippen molar-refractivity contribution in [3.63, 3.8) is 0 Å². The van der Waals surface area contributed by atoms with Crippen LogP contribution in [0.25, 0.3) is 0 Å². The predicted molar refractivity (Wildman–Crippen MR) is 60.5 cm³/mol. The van der Waals surface area contributed by atoms with Gasteiger partial charge in [0.05, 0.1) is 6.42 Å². The van der Waals surface area contributed by atoms with Crippen LogP contribution >= 0.6 is 0 Å². The Morgan fingerprint density at radius 3 is 2.56 bits per heavy atom. The normalized spacial score (nSPS) is 16.2. The minimum absolute atomic E-state index is 0.0461. The number of hydrogen-bond donors (Lipinski definition) is 0. The van der Waals surface area contributed by atoms with E-state index < -0.39 is 0 Å². The molecule has 0 N–H and O–H groups in total. The van der Waals surface area contributed by atoms with Gasteiger partial charge in [-0.05, 0) is 30.9 Å². The van der Waals surface area contributed by atoms with Crippen molar-refractivity contribution >= 4 is 5.91 Å². The Balaban J connectivity index is 1.99. The number of carbonyl (C=O) groups is 1. The van der Waals surface area contributed by atoms with E-state index in [1.807, 2.05) is 4.90 Å². The van der Waals surface area contributed by atoms with Gasteiger partial charge in [0.1, 0.15) is 5.82 Å². The summed E-state index contributed by atoms with van der Waals surface area (Å²) in [5.74, 6) is -0.238. The van der Waals surface area contributed by atoms with Crippen LogP contribution in [-0.2, 0) is 11.2 Å². The van der Waals surface area contributed by atoms with Crippen molar-refractivity contribution in [1.82, 2.24) is 4.90 Å². The first kappa shape index (κ1) is 11.1. The van der Waals surface area contributed by atoms with Crippen LogP contribution in [0.1, 0.15) is 24.8 Å². The largest absolute Gasteiger partial charge is 0.342 e. The van der Waals surface area contributed by atoms with Gasteiger partial charge in [0.15, 0.2) is 0 Å². The molecule has 16 heavy (non-hydrogen) atoms. The molecule has 1 aromatic rings. The molecule has 3 heteroatoms. The summed E-state index contributed by atoms with van der Waals surface area (Å²) in [5.41, 5.74) is 0.498. The second-order valence-electron chi connectivity index (χ2n) is 4.21. The zero-order chi connectivity index (χ0) is 11.4. The van der Waals surface area contributed by atoms with E-state index in [4.69, 9.17) is 0 Å². The molecule has 0 unspecified atom stereocenters. The van der Waals surface area contributed by atoms with E-state index in [0.29, 0.717) is 5.56 Å². The fourth-order valence-electron chi connectivity index (χ4n) is 2.06. The molecule has 1 saturated heterocycles. The van der Waals surface area contributed by atoms with Crippen LogP contribution < -0.4 is 0 Å². The van der Waals surface area contributed by atoms with Crippen molar-refractivity contribution in [3.8, 4) is 0 Å². The number of amides is 1. The molecule has 1 aromatic carbocycles. The number of benzene rings is 1. The number of nitrogens with zero attached hydrogens (tertiary/aromatic N) is 1.